The first-order chi connectivity index (χ1) is 8.26. The maximum Gasteiger partial charge on any atom is 0.187 e. The van der Waals surface area contributed by atoms with Crippen LogP contribution in [0.2, 0.25) is 0 Å². The summed E-state index contributed by atoms with van der Waals surface area (Å²) in [5.74, 6) is 0.859. The molecule has 5 heteroatoms. The molecule has 1 atom stereocenters. The molecule has 92 valence electrons. The topological polar surface area (TPSA) is 61.6 Å². The fourth-order valence-corrected chi connectivity index (χ4v) is 2.04. The van der Waals surface area contributed by atoms with Crippen LogP contribution in [0, 0.1) is 18.3 Å². The van der Waals surface area contributed by atoms with Crippen LogP contribution in [0.5, 0.6) is 0 Å². The second kappa shape index (κ2) is 8.04. The second-order valence-electron chi connectivity index (χ2n) is 3.82. The zero-order valence-corrected chi connectivity index (χ0v) is 11.1. The summed E-state index contributed by atoms with van der Waals surface area (Å²) in [6.45, 7) is 4.95. The SMILES string of the molecule is CCCNC(C#N)CCSc1ncc(C)cn1. The minimum absolute atomic E-state index is 0.0621. The van der Waals surface area contributed by atoms with E-state index in [1.807, 2.05) is 19.3 Å². The number of aromatic nitrogens is 2. The third-order valence-corrected chi connectivity index (χ3v) is 3.10. The average Bonchev–Trinajstić information content (AvgIpc) is 2.36. The molecule has 0 aromatic carbocycles. The lowest BCUT2D eigenvalue weighted by Crippen LogP contribution is -2.28. The van der Waals surface area contributed by atoms with Crippen molar-refractivity contribution < 1.29 is 0 Å². The Kier molecular flexibility index (Phi) is 6.60. The number of aryl methyl sites for hydroxylation is 1. The lowest BCUT2D eigenvalue weighted by molar-refractivity contribution is 0.585. The number of nitriles is 1. The third kappa shape index (κ3) is 5.66. The molecule has 1 N–H and O–H groups in total. The molecule has 0 amide bonds. The highest BCUT2D eigenvalue weighted by Gasteiger charge is 2.06. The predicted molar refractivity (Wildman–Crippen MR) is 69.8 cm³/mol. The maximum atomic E-state index is 8.93. The normalized spacial score (nSPS) is 12.1. The lowest BCUT2D eigenvalue weighted by Gasteiger charge is -2.09. The molecule has 1 aromatic rings. The summed E-state index contributed by atoms with van der Waals surface area (Å²) >= 11 is 1.59. The highest BCUT2D eigenvalue weighted by molar-refractivity contribution is 7.99. The van der Waals surface area contributed by atoms with Gasteiger partial charge in [0.05, 0.1) is 12.1 Å². The average molecular weight is 250 g/mol. The highest BCUT2D eigenvalue weighted by Crippen LogP contribution is 2.13. The Morgan fingerprint density at radius 1 is 1.47 bits per heavy atom. The smallest absolute Gasteiger partial charge is 0.187 e. The molecule has 1 aromatic heterocycles. The van der Waals surface area contributed by atoms with Gasteiger partial charge in [0.15, 0.2) is 5.16 Å². The molecule has 0 spiro atoms. The van der Waals surface area contributed by atoms with Crippen molar-refractivity contribution in [2.45, 2.75) is 37.9 Å². The molecule has 0 bridgehead atoms. The van der Waals surface area contributed by atoms with E-state index in [9.17, 15) is 0 Å². The van der Waals surface area contributed by atoms with Crippen LogP contribution in [0.1, 0.15) is 25.3 Å². The van der Waals surface area contributed by atoms with Crippen molar-refractivity contribution in [2.24, 2.45) is 0 Å². The van der Waals surface area contributed by atoms with Gasteiger partial charge in [0, 0.05) is 18.1 Å². The van der Waals surface area contributed by atoms with Gasteiger partial charge >= 0.3 is 0 Å². The van der Waals surface area contributed by atoms with E-state index in [4.69, 9.17) is 5.26 Å². The van der Waals surface area contributed by atoms with Gasteiger partial charge in [0.2, 0.25) is 0 Å². The van der Waals surface area contributed by atoms with Gasteiger partial charge in [-0.25, -0.2) is 9.97 Å². The summed E-state index contributed by atoms with van der Waals surface area (Å²) in [6.07, 6.45) is 5.49. The second-order valence-corrected chi connectivity index (χ2v) is 4.88. The van der Waals surface area contributed by atoms with E-state index in [2.05, 4.69) is 28.3 Å². The van der Waals surface area contributed by atoms with Gasteiger partial charge in [0.25, 0.3) is 0 Å². The van der Waals surface area contributed by atoms with Crippen LogP contribution in [0.4, 0.5) is 0 Å². The van der Waals surface area contributed by atoms with Gasteiger partial charge in [-0.15, -0.1) is 0 Å². The summed E-state index contributed by atoms with van der Waals surface area (Å²) in [4.78, 5) is 8.42. The number of nitrogens with one attached hydrogen (secondary N) is 1. The molecule has 0 aliphatic carbocycles. The van der Waals surface area contributed by atoms with Crippen molar-refractivity contribution >= 4 is 11.8 Å². The van der Waals surface area contributed by atoms with Crippen LogP contribution in [-0.4, -0.2) is 28.3 Å². The molecule has 0 saturated heterocycles. The Balaban J connectivity index is 2.26. The monoisotopic (exact) mass is 250 g/mol. The molecule has 0 fully saturated rings. The Morgan fingerprint density at radius 3 is 2.76 bits per heavy atom. The number of rotatable bonds is 7. The van der Waals surface area contributed by atoms with Crippen molar-refractivity contribution in [1.82, 2.24) is 15.3 Å². The molecular weight excluding hydrogens is 232 g/mol. The van der Waals surface area contributed by atoms with Crippen molar-refractivity contribution in [3.05, 3.63) is 18.0 Å². The van der Waals surface area contributed by atoms with Gasteiger partial charge in [-0.05, 0) is 31.9 Å². The van der Waals surface area contributed by atoms with E-state index in [0.29, 0.717) is 0 Å². The number of hydrogen-bond acceptors (Lipinski definition) is 5. The molecule has 0 aliphatic rings. The molecule has 0 saturated carbocycles. The summed E-state index contributed by atoms with van der Waals surface area (Å²) in [6, 6.07) is 2.20. The van der Waals surface area contributed by atoms with Gasteiger partial charge in [0.1, 0.15) is 0 Å². The molecule has 1 heterocycles. The maximum absolute atomic E-state index is 8.93. The minimum Gasteiger partial charge on any atom is -0.302 e. The van der Waals surface area contributed by atoms with Crippen LogP contribution in [0.3, 0.4) is 0 Å². The number of thioether (sulfide) groups is 1. The Hall–Kier alpha value is -1.12. The molecule has 1 unspecified atom stereocenters. The third-order valence-electron chi connectivity index (χ3n) is 2.19. The first kappa shape index (κ1) is 13.9. The van der Waals surface area contributed by atoms with Crippen molar-refractivity contribution in [3.63, 3.8) is 0 Å². The van der Waals surface area contributed by atoms with Crippen LogP contribution in [0.15, 0.2) is 17.6 Å². The zero-order valence-electron chi connectivity index (χ0n) is 10.3. The summed E-state index contributed by atoms with van der Waals surface area (Å²) in [7, 11) is 0. The molecule has 0 radical (unpaired) electrons. The van der Waals surface area contributed by atoms with Gasteiger partial charge < -0.3 is 5.32 Å². The Labute approximate surface area is 107 Å². The standard InChI is InChI=1S/C12H18N4S/c1-3-5-14-11(7-13)4-6-17-12-15-8-10(2)9-16-12/h8-9,11,14H,3-6H2,1-2H3. The van der Waals surface area contributed by atoms with Crippen LogP contribution in [0.25, 0.3) is 0 Å². The summed E-state index contributed by atoms with van der Waals surface area (Å²) in [5.41, 5.74) is 1.06. The number of hydrogen-bond donors (Lipinski definition) is 1. The molecule has 4 nitrogen and oxygen atoms in total. The van der Waals surface area contributed by atoms with Crippen LogP contribution in [-0.2, 0) is 0 Å². The molecule has 1 rings (SSSR count). The van der Waals surface area contributed by atoms with E-state index in [1.54, 1.807) is 11.8 Å². The fraction of sp³-hybridized carbons (Fsp3) is 0.583. The lowest BCUT2D eigenvalue weighted by atomic mass is 10.2. The Morgan fingerprint density at radius 2 is 2.18 bits per heavy atom. The summed E-state index contributed by atoms with van der Waals surface area (Å²) in [5, 5.41) is 12.9. The Bertz CT molecular complexity index is 358. The van der Waals surface area contributed by atoms with E-state index in [0.717, 1.165) is 35.9 Å². The van der Waals surface area contributed by atoms with Gasteiger partial charge in [-0.3, -0.25) is 0 Å². The minimum atomic E-state index is -0.0621. The number of nitrogens with zero attached hydrogens (tertiary/aromatic N) is 3. The largest absolute Gasteiger partial charge is 0.302 e. The van der Waals surface area contributed by atoms with E-state index in [1.165, 1.54) is 0 Å². The van der Waals surface area contributed by atoms with Gasteiger partial charge in [-0.2, -0.15) is 5.26 Å². The van der Waals surface area contributed by atoms with Gasteiger partial charge in [-0.1, -0.05) is 18.7 Å². The quantitative estimate of drug-likeness (QED) is 0.593. The van der Waals surface area contributed by atoms with Crippen molar-refractivity contribution in [3.8, 4) is 6.07 Å². The van der Waals surface area contributed by atoms with Crippen molar-refractivity contribution in [2.75, 3.05) is 12.3 Å². The predicted octanol–water partition coefficient (Wildman–Crippen LogP) is 2.16. The molecule has 0 aliphatic heterocycles. The highest BCUT2D eigenvalue weighted by atomic mass is 32.2. The van der Waals surface area contributed by atoms with E-state index >= 15 is 0 Å². The molecule has 17 heavy (non-hydrogen) atoms. The van der Waals surface area contributed by atoms with Crippen molar-refractivity contribution in [1.29, 1.82) is 5.26 Å². The zero-order chi connectivity index (χ0) is 12.5. The van der Waals surface area contributed by atoms with E-state index < -0.39 is 0 Å². The van der Waals surface area contributed by atoms with Crippen LogP contribution >= 0.6 is 11.8 Å². The van der Waals surface area contributed by atoms with E-state index in [-0.39, 0.29) is 6.04 Å². The molecular formula is C12H18N4S. The summed E-state index contributed by atoms with van der Waals surface area (Å²) < 4.78 is 0. The first-order valence-electron chi connectivity index (χ1n) is 5.80. The fourth-order valence-electron chi connectivity index (χ4n) is 1.25. The first-order valence-corrected chi connectivity index (χ1v) is 6.79. The van der Waals surface area contributed by atoms with Crippen LogP contribution < -0.4 is 5.32 Å².